The lowest BCUT2D eigenvalue weighted by molar-refractivity contribution is 0.0999. The summed E-state index contributed by atoms with van der Waals surface area (Å²) in [5.41, 5.74) is 2.97. The summed E-state index contributed by atoms with van der Waals surface area (Å²) in [4.78, 5) is 21.3. The second-order valence-electron chi connectivity index (χ2n) is 6.89. The van der Waals surface area contributed by atoms with E-state index in [1.54, 1.807) is 12.1 Å². The molecule has 2 aromatic carbocycles. The van der Waals surface area contributed by atoms with Crippen LogP contribution in [0.15, 0.2) is 47.7 Å². The van der Waals surface area contributed by atoms with Gasteiger partial charge in [-0.2, -0.15) is 5.10 Å². The van der Waals surface area contributed by atoms with Crippen molar-refractivity contribution in [3.8, 4) is 0 Å². The number of ketones is 1. The van der Waals surface area contributed by atoms with E-state index >= 15 is 0 Å². The second-order valence-corrected chi connectivity index (χ2v) is 6.89. The summed E-state index contributed by atoms with van der Waals surface area (Å²) in [7, 11) is 0. The Bertz CT molecular complexity index is 1090. The van der Waals surface area contributed by atoms with Crippen molar-refractivity contribution >= 4 is 17.2 Å². The van der Waals surface area contributed by atoms with E-state index in [9.17, 15) is 13.6 Å². The third-order valence-electron chi connectivity index (χ3n) is 5.29. The number of nitrogens with zero attached hydrogens (tertiary/aromatic N) is 3. The number of aromatic nitrogens is 3. The van der Waals surface area contributed by atoms with E-state index in [4.69, 9.17) is 0 Å². The Hall–Kier alpha value is -3.42. The molecule has 2 aliphatic rings. The average molecular weight is 379 g/mol. The number of rotatable bonds is 2. The Morgan fingerprint density at radius 1 is 1.07 bits per heavy atom. The number of nitrogens with one attached hydrogen (secondary N) is 2. The number of aliphatic imine (C=N–C) groups is 1. The number of anilines is 1. The van der Waals surface area contributed by atoms with Gasteiger partial charge < -0.3 is 5.32 Å². The second kappa shape index (κ2) is 6.33. The lowest BCUT2D eigenvalue weighted by atomic mass is 9.79. The summed E-state index contributed by atoms with van der Waals surface area (Å²) in [5, 5.41) is 10.1. The summed E-state index contributed by atoms with van der Waals surface area (Å²) >= 11 is 0. The molecule has 8 heteroatoms. The molecule has 0 bridgehead atoms. The first-order chi connectivity index (χ1) is 13.6. The van der Waals surface area contributed by atoms with Crippen molar-refractivity contribution in [3.63, 3.8) is 0 Å². The standard InChI is InChI=1S/C20H15F2N5O/c21-11-3-1-10(2-4-11)14-7-23-15-6-12(22)5-13-16(28)8-24-19(17(13)15)18(14)20-25-9-26-27-20/h1-6,9,14,18,23H,7-8H2,(H,25,26,27). The van der Waals surface area contributed by atoms with Gasteiger partial charge in [-0.1, -0.05) is 12.1 Å². The molecule has 3 heterocycles. The minimum atomic E-state index is -0.479. The maximum absolute atomic E-state index is 14.1. The number of Topliss-reactive ketones (excluding diaryl/α,β-unsaturated/α-hetero) is 1. The van der Waals surface area contributed by atoms with Gasteiger partial charge in [0.15, 0.2) is 5.78 Å². The molecular formula is C20H15F2N5O. The molecule has 0 radical (unpaired) electrons. The highest BCUT2D eigenvalue weighted by molar-refractivity contribution is 6.20. The van der Waals surface area contributed by atoms with Crippen LogP contribution in [0.25, 0.3) is 0 Å². The molecule has 0 aliphatic carbocycles. The molecule has 0 saturated heterocycles. The zero-order valence-corrected chi connectivity index (χ0v) is 14.6. The zero-order chi connectivity index (χ0) is 19.3. The molecule has 0 spiro atoms. The fourth-order valence-corrected chi connectivity index (χ4v) is 4.05. The van der Waals surface area contributed by atoms with Crippen LogP contribution in [0.3, 0.4) is 0 Å². The molecule has 1 aromatic heterocycles. The number of carbonyl (C=O) groups is 1. The van der Waals surface area contributed by atoms with Crippen molar-refractivity contribution in [2.45, 2.75) is 11.8 Å². The molecule has 3 aromatic rings. The van der Waals surface area contributed by atoms with E-state index in [0.29, 0.717) is 34.9 Å². The number of aromatic amines is 1. The zero-order valence-electron chi connectivity index (χ0n) is 14.6. The third kappa shape index (κ3) is 2.60. The Morgan fingerprint density at radius 2 is 1.89 bits per heavy atom. The largest absolute Gasteiger partial charge is 0.384 e. The van der Waals surface area contributed by atoms with Crippen molar-refractivity contribution in [3.05, 3.63) is 76.9 Å². The summed E-state index contributed by atoms with van der Waals surface area (Å²) in [6.45, 7) is 0.381. The van der Waals surface area contributed by atoms with Crippen LogP contribution < -0.4 is 5.32 Å². The number of halogens is 2. The summed E-state index contributed by atoms with van der Waals surface area (Å²) in [5.74, 6) is -0.963. The lowest BCUT2D eigenvalue weighted by Gasteiger charge is -2.26. The van der Waals surface area contributed by atoms with Crippen LogP contribution in [0.1, 0.15) is 39.1 Å². The van der Waals surface area contributed by atoms with Crippen LogP contribution in [0.2, 0.25) is 0 Å². The summed E-state index contributed by atoms with van der Waals surface area (Å²) in [6.07, 6.45) is 1.41. The number of H-pyrrole nitrogens is 1. The third-order valence-corrected chi connectivity index (χ3v) is 5.29. The average Bonchev–Trinajstić information content (AvgIpc) is 3.16. The Morgan fingerprint density at radius 3 is 2.64 bits per heavy atom. The lowest BCUT2D eigenvalue weighted by Crippen LogP contribution is -2.28. The first kappa shape index (κ1) is 16.7. The Labute approximate surface area is 158 Å². The van der Waals surface area contributed by atoms with E-state index in [1.807, 2.05) is 0 Å². The van der Waals surface area contributed by atoms with E-state index in [-0.39, 0.29) is 30.0 Å². The molecule has 140 valence electrons. The van der Waals surface area contributed by atoms with Gasteiger partial charge >= 0.3 is 0 Å². The van der Waals surface area contributed by atoms with Gasteiger partial charge in [-0.15, -0.1) is 0 Å². The van der Waals surface area contributed by atoms with Crippen LogP contribution in [0, 0.1) is 11.6 Å². The summed E-state index contributed by atoms with van der Waals surface area (Å²) < 4.78 is 27.6. The van der Waals surface area contributed by atoms with Crippen molar-refractivity contribution in [1.29, 1.82) is 0 Å². The van der Waals surface area contributed by atoms with Crippen LogP contribution in [-0.4, -0.2) is 39.8 Å². The molecule has 28 heavy (non-hydrogen) atoms. The molecular weight excluding hydrogens is 364 g/mol. The SMILES string of the molecule is O=C1CN=C2c3c(cc(F)cc31)NCC(c1ccc(F)cc1)C2c1ncn[nH]1. The predicted octanol–water partition coefficient (Wildman–Crippen LogP) is 3.06. The quantitative estimate of drug-likeness (QED) is 0.717. The highest BCUT2D eigenvalue weighted by Crippen LogP contribution is 2.42. The fraction of sp³-hybridized carbons (Fsp3) is 0.200. The fourth-order valence-electron chi connectivity index (χ4n) is 4.05. The van der Waals surface area contributed by atoms with Crippen LogP contribution in [0.4, 0.5) is 14.5 Å². The maximum atomic E-state index is 14.1. The smallest absolute Gasteiger partial charge is 0.185 e. The van der Waals surface area contributed by atoms with Crippen molar-refractivity contribution < 1.29 is 13.6 Å². The molecule has 2 unspecified atom stereocenters. The van der Waals surface area contributed by atoms with Gasteiger partial charge in [0.2, 0.25) is 0 Å². The van der Waals surface area contributed by atoms with Crippen LogP contribution in [0.5, 0.6) is 0 Å². The number of carbonyl (C=O) groups excluding carboxylic acids is 1. The minimum absolute atomic E-state index is 0.0496. The molecule has 5 rings (SSSR count). The van der Waals surface area contributed by atoms with E-state index in [1.165, 1.54) is 30.6 Å². The topological polar surface area (TPSA) is 83.0 Å². The van der Waals surface area contributed by atoms with E-state index in [0.717, 1.165) is 5.56 Å². The van der Waals surface area contributed by atoms with Crippen molar-refractivity contribution in [2.75, 3.05) is 18.4 Å². The highest BCUT2D eigenvalue weighted by Gasteiger charge is 2.39. The van der Waals surface area contributed by atoms with Crippen molar-refractivity contribution in [2.24, 2.45) is 4.99 Å². The van der Waals surface area contributed by atoms with Crippen LogP contribution >= 0.6 is 0 Å². The Kier molecular flexibility index (Phi) is 3.78. The molecule has 2 aliphatic heterocycles. The van der Waals surface area contributed by atoms with Crippen molar-refractivity contribution in [1.82, 2.24) is 15.2 Å². The summed E-state index contributed by atoms with van der Waals surface area (Å²) in [6, 6.07) is 8.88. The highest BCUT2D eigenvalue weighted by atomic mass is 19.1. The van der Waals surface area contributed by atoms with E-state index in [2.05, 4.69) is 25.5 Å². The van der Waals surface area contributed by atoms with Gasteiger partial charge in [0.1, 0.15) is 30.3 Å². The first-order valence-electron chi connectivity index (χ1n) is 8.88. The van der Waals surface area contributed by atoms with E-state index < -0.39 is 5.82 Å². The molecule has 0 saturated carbocycles. The van der Waals surface area contributed by atoms with Gasteiger partial charge in [0.05, 0.1) is 11.6 Å². The van der Waals surface area contributed by atoms with Gasteiger partial charge in [-0.05, 0) is 29.8 Å². The number of hydrogen-bond acceptors (Lipinski definition) is 5. The van der Waals surface area contributed by atoms with Gasteiger partial charge in [0, 0.05) is 29.3 Å². The predicted molar refractivity (Wildman–Crippen MR) is 98.9 cm³/mol. The molecule has 6 nitrogen and oxygen atoms in total. The van der Waals surface area contributed by atoms with Gasteiger partial charge in [0.25, 0.3) is 0 Å². The first-order valence-corrected chi connectivity index (χ1v) is 8.88. The van der Waals surface area contributed by atoms with Gasteiger partial charge in [-0.25, -0.2) is 13.8 Å². The van der Waals surface area contributed by atoms with Crippen LogP contribution in [-0.2, 0) is 0 Å². The molecule has 0 fully saturated rings. The van der Waals surface area contributed by atoms with Gasteiger partial charge in [-0.3, -0.25) is 14.9 Å². The number of hydrogen-bond donors (Lipinski definition) is 2. The molecule has 2 N–H and O–H groups in total. The normalized spacial score (nSPS) is 20.8. The molecule has 0 amide bonds. The molecule has 2 atom stereocenters. The Balaban J connectivity index is 1.73. The maximum Gasteiger partial charge on any atom is 0.185 e. The monoisotopic (exact) mass is 379 g/mol. The minimum Gasteiger partial charge on any atom is -0.384 e. The number of benzene rings is 2.